The number of guanidine groups is 1. The van der Waals surface area contributed by atoms with Gasteiger partial charge >= 0.3 is 0 Å². The van der Waals surface area contributed by atoms with Crippen molar-refractivity contribution in [3.8, 4) is 0 Å². The number of aliphatic imine (C=N–C) groups is 1. The first kappa shape index (κ1) is 13.0. The van der Waals surface area contributed by atoms with Gasteiger partial charge in [-0.2, -0.15) is 0 Å². The summed E-state index contributed by atoms with van der Waals surface area (Å²) in [6.45, 7) is 4.90. The van der Waals surface area contributed by atoms with Gasteiger partial charge in [-0.15, -0.1) is 17.0 Å². The number of hydrogen-bond acceptors (Lipinski definition) is 3. The molecule has 0 saturated heterocycles. The molecule has 2 rings (SSSR count). The summed E-state index contributed by atoms with van der Waals surface area (Å²) in [7, 11) is 0. The summed E-state index contributed by atoms with van der Waals surface area (Å²) in [5.41, 5.74) is 8.50. The van der Waals surface area contributed by atoms with Crippen molar-refractivity contribution >= 4 is 22.9 Å². The average Bonchev–Trinajstić information content (AvgIpc) is 2.24. The van der Waals surface area contributed by atoms with Crippen molar-refractivity contribution in [1.82, 2.24) is 4.90 Å². The number of nitrogens with two attached hydrogens (primary N) is 1. The van der Waals surface area contributed by atoms with Crippen LogP contribution in [0.5, 0.6) is 0 Å². The molecule has 0 fully saturated rings. The van der Waals surface area contributed by atoms with Gasteiger partial charge in [-0.1, -0.05) is 24.3 Å². The van der Waals surface area contributed by atoms with Crippen LogP contribution in [0.4, 0.5) is 0 Å². The van der Waals surface area contributed by atoms with E-state index in [0.29, 0.717) is 5.96 Å². The van der Waals surface area contributed by atoms with E-state index in [1.807, 2.05) is 0 Å². The fourth-order valence-electron chi connectivity index (χ4n) is 1.82. The van der Waals surface area contributed by atoms with Gasteiger partial charge in [0.05, 0.1) is 0 Å². The van der Waals surface area contributed by atoms with Crippen molar-refractivity contribution in [3.05, 3.63) is 35.4 Å². The maximum atomic E-state index is 5.85. The molecule has 0 amide bonds. The fraction of sp³-hybridized carbons (Fsp3) is 0.417. The number of hydrogen-bond donors (Lipinski definition) is 1. The zero-order chi connectivity index (χ0) is 10.7. The maximum Gasteiger partial charge on any atom is 0.191 e. The van der Waals surface area contributed by atoms with E-state index in [9.17, 15) is 0 Å². The lowest BCUT2D eigenvalue weighted by atomic mass is 10.1. The van der Waals surface area contributed by atoms with Crippen molar-refractivity contribution in [1.29, 1.82) is 0 Å². The highest BCUT2D eigenvalue weighted by Gasteiger charge is 2.12. The van der Waals surface area contributed by atoms with Crippen molar-refractivity contribution in [2.75, 3.05) is 13.1 Å². The molecule has 1 aliphatic rings. The monoisotopic (exact) mass is 283 g/mol. The molecule has 0 spiro atoms. The van der Waals surface area contributed by atoms with E-state index in [4.69, 9.17) is 5.73 Å². The Morgan fingerprint density at radius 1 is 1.38 bits per heavy atom. The SMILES string of the molecule is Br.Cc1ccccc1CN1CCCN=C1N. The predicted octanol–water partition coefficient (Wildman–Crippen LogP) is 2.09. The van der Waals surface area contributed by atoms with E-state index < -0.39 is 0 Å². The standard InChI is InChI=1S/C12H17N3.BrH/c1-10-5-2-3-6-11(10)9-15-8-4-7-14-12(15)13;/h2-3,5-6H,4,7-9H2,1H3,(H2,13,14);1H. The first-order valence-corrected chi connectivity index (χ1v) is 5.37. The van der Waals surface area contributed by atoms with Crippen LogP contribution in [0.1, 0.15) is 17.5 Å². The van der Waals surface area contributed by atoms with Gasteiger partial charge < -0.3 is 10.6 Å². The zero-order valence-electron chi connectivity index (χ0n) is 9.52. The molecule has 0 aromatic heterocycles. The minimum Gasteiger partial charge on any atom is -0.370 e. The molecule has 2 N–H and O–H groups in total. The van der Waals surface area contributed by atoms with Crippen LogP contribution in [-0.4, -0.2) is 23.9 Å². The molecular formula is C12H18BrN3. The first-order valence-electron chi connectivity index (χ1n) is 5.37. The number of benzene rings is 1. The molecule has 1 heterocycles. The summed E-state index contributed by atoms with van der Waals surface area (Å²) in [6, 6.07) is 8.41. The molecule has 0 radical (unpaired) electrons. The van der Waals surface area contributed by atoms with Crippen LogP contribution < -0.4 is 5.73 Å². The molecule has 0 saturated carbocycles. The molecule has 0 atom stereocenters. The Kier molecular flexibility index (Phi) is 4.80. The Bertz CT molecular complexity index is 376. The fourth-order valence-corrected chi connectivity index (χ4v) is 1.82. The number of aryl methyl sites for hydroxylation is 1. The Balaban J connectivity index is 0.00000128. The van der Waals surface area contributed by atoms with Gasteiger partial charge in [0.1, 0.15) is 0 Å². The van der Waals surface area contributed by atoms with Crippen LogP contribution in [0, 0.1) is 6.92 Å². The third-order valence-corrected chi connectivity index (χ3v) is 2.81. The number of halogens is 1. The molecule has 0 bridgehead atoms. The Morgan fingerprint density at radius 3 is 2.81 bits per heavy atom. The van der Waals surface area contributed by atoms with Crippen molar-refractivity contribution in [3.63, 3.8) is 0 Å². The van der Waals surface area contributed by atoms with Crippen LogP contribution in [0.15, 0.2) is 29.3 Å². The van der Waals surface area contributed by atoms with E-state index in [2.05, 4.69) is 41.1 Å². The second-order valence-electron chi connectivity index (χ2n) is 3.94. The Labute approximate surface area is 107 Å². The lowest BCUT2D eigenvalue weighted by Gasteiger charge is -2.27. The van der Waals surface area contributed by atoms with Crippen LogP contribution >= 0.6 is 17.0 Å². The molecule has 0 aliphatic carbocycles. The molecule has 4 heteroatoms. The van der Waals surface area contributed by atoms with E-state index >= 15 is 0 Å². The molecule has 3 nitrogen and oxygen atoms in total. The van der Waals surface area contributed by atoms with Crippen LogP contribution in [0.2, 0.25) is 0 Å². The smallest absolute Gasteiger partial charge is 0.191 e. The minimum atomic E-state index is 0. The van der Waals surface area contributed by atoms with E-state index in [0.717, 1.165) is 26.1 Å². The molecule has 16 heavy (non-hydrogen) atoms. The molecule has 0 unspecified atom stereocenters. The normalized spacial score (nSPS) is 15.3. The molecule has 88 valence electrons. The summed E-state index contributed by atoms with van der Waals surface area (Å²) in [5.74, 6) is 0.685. The topological polar surface area (TPSA) is 41.6 Å². The Hall–Kier alpha value is -1.03. The minimum absolute atomic E-state index is 0. The first-order chi connectivity index (χ1) is 7.27. The van der Waals surface area contributed by atoms with Gasteiger partial charge in [-0.05, 0) is 24.5 Å². The molecule has 1 aromatic carbocycles. The van der Waals surface area contributed by atoms with Gasteiger partial charge in [0.2, 0.25) is 0 Å². The Morgan fingerprint density at radius 2 is 2.12 bits per heavy atom. The summed E-state index contributed by atoms with van der Waals surface area (Å²) >= 11 is 0. The molecular weight excluding hydrogens is 266 g/mol. The largest absolute Gasteiger partial charge is 0.370 e. The van der Waals surface area contributed by atoms with E-state index in [1.165, 1.54) is 11.1 Å². The highest BCUT2D eigenvalue weighted by molar-refractivity contribution is 8.93. The molecule has 1 aliphatic heterocycles. The zero-order valence-corrected chi connectivity index (χ0v) is 11.2. The van der Waals surface area contributed by atoms with Crippen molar-refractivity contribution < 1.29 is 0 Å². The predicted molar refractivity (Wildman–Crippen MR) is 73.0 cm³/mol. The van der Waals surface area contributed by atoms with Crippen molar-refractivity contribution in [2.45, 2.75) is 19.9 Å². The maximum absolute atomic E-state index is 5.85. The highest BCUT2D eigenvalue weighted by atomic mass is 79.9. The van der Waals surface area contributed by atoms with Gasteiger partial charge in [0.25, 0.3) is 0 Å². The number of nitrogens with zero attached hydrogens (tertiary/aromatic N) is 2. The summed E-state index contributed by atoms with van der Waals surface area (Å²) < 4.78 is 0. The van der Waals surface area contributed by atoms with Gasteiger partial charge in [0.15, 0.2) is 5.96 Å². The quantitative estimate of drug-likeness (QED) is 0.903. The van der Waals surface area contributed by atoms with Crippen LogP contribution in [-0.2, 0) is 6.54 Å². The summed E-state index contributed by atoms with van der Waals surface area (Å²) in [4.78, 5) is 6.40. The lowest BCUT2D eigenvalue weighted by molar-refractivity contribution is 0.383. The molecule has 1 aromatic rings. The second-order valence-corrected chi connectivity index (χ2v) is 3.94. The third-order valence-electron chi connectivity index (χ3n) is 2.81. The highest BCUT2D eigenvalue weighted by Crippen LogP contribution is 2.12. The van der Waals surface area contributed by atoms with Gasteiger partial charge in [-0.3, -0.25) is 4.99 Å². The summed E-state index contributed by atoms with van der Waals surface area (Å²) in [5, 5.41) is 0. The van der Waals surface area contributed by atoms with Crippen molar-refractivity contribution in [2.24, 2.45) is 10.7 Å². The second kappa shape index (κ2) is 5.89. The van der Waals surface area contributed by atoms with Crippen LogP contribution in [0.3, 0.4) is 0 Å². The number of rotatable bonds is 2. The van der Waals surface area contributed by atoms with Gasteiger partial charge in [0, 0.05) is 19.6 Å². The van der Waals surface area contributed by atoms with E-state index in [-0.39, 0.29) is 17.0 Å². The van der Waals surface area contributed by atoms with Gasteiger partial charge in [-0.25, -0.2) is 0 Å². The lowest BCUT2D eigenvalue weighted by Crippen LogP contribution is -2.40. The third kappa shape index (κ3) is 2.98. The average molecular weight is 284 g/mol. The summed E-state index contributed by atoms with van der Waals surface area (Å²) in [6.07, 6.45) is 1.10. The van der Waals surface area contributed by atoms with E-state index in [1.54, 1.807) is 0 Å². The van der Waals surface area contributed by atoms with Crippen LogP contribution in [0.25, 0.3) is 0 Å².